The Morgan fingerprint density at radius 1 is 0.926 bits per heavy atom. The average molecular weight is 380 g/mol. The Labute approximate surface area is 154 Å². The van der Waals surface area contributed by atoms with E-state index in [1.165, 1.54) is 0 Å². The maximum absolute atomic E-state index is 13.7. The standard InChI is InChI=1S/C21H17F5O/c1-2-3-4-5-6-15-7-9-16(10-8-15)11-12-17-13-18(22)20(19(23)14-17)27-21(24,25)26/h2,7-10,13-14H,1,3-6H2. The van der Waals surface area contributed by atoms with Gasteiger partial charge in [-0.1, -0.05) is 30.0 Å². The second kappa shape index (κ2) is 9.22. The first kappa shape index (κ1) is 20.5. The number of alkyl halides is 3. The number of halogens is 5. The molecule has 2 rings (SSSR count). The number of hydrogen-bond donors (Lipinski definition) is 0. The van der Waals surface area contributed by atoms with Crippen LogP contribution in [-0.4, -0.2) is 6.36 Å². The number of allylic oxidation sites excluding steroid dienone is 1. The van der Waals surface area contributed by atoms with Crippen molar-refractivity contribution >= 4 is 0 Å². The highest BCUT2D eigenvalue weighted by Crippen LogP contribution is 2.29. The van der Waals surface area contributed by atoms with Crippen molar-refractivity contribution in [3.05, 3.63) is 77.4 Å². The summed E-state index contributed by atoms with van der Waals surface area (Å²) < 4.78 is 67.0. The molecule has 0 radical (unpaired) electrons. The summed E-state index contributed by atoms with van der Waals surface area (Å²) >= 11 is 0. The molecule has 0 aromatic heterocycles. The van der Waals surface area contributed by atoms with Gasteiger partial charge in [0.15, 0.2) is 11.6 Å². The van der Waals surface area contributed by atoms with Crippen molar-refractivity contribution < 1.29 is 26.7 Å². The Kier molecular flexibility index (Phi) is 7.00. The molecule has 0 saturated heterocycles. The molecule has 6 heteroatoms. The van der Waals surface area contributed by atoms with Crippen LogP contribution in [-0.2, 0) is 6.42 Å². The van der Waals surface area contributed by atoms with Gasteiger partial charge >= 0.3 is 6.36 Å². The van der Waals surface area contributed by atoms with Gasteiger partial charge in [-0.05, 0) is 55.5 Å². The van der Waals surface area contributed by atoms with Gasteiger partial charge in [-0.3, -0.25) is 0 Å². The lowest BCUT2D eigenvalue weighted by Gasteiger charge is -2.10. The van der Waals surface area contributed by atoms with Crippen molar-refractivity contribution in [1.82, 2.24) is 0 Å². The predicted octanol–water partition coefficient (Wildman–Crippen LogP) is 6.16. The molecular formula is C21H17F5O. The fourth-order valence-corrected chi connectivity index (χ4v) is 2.36. The monoisotopic (exact) mass is 380 g/mol. The van der Waals surface area contributed by atoms with Crippen LogP contribution in [0.3, 0.4) is 0 Å². The van der Waals surface area contributed by atoms with Crippen molar-refractivity contribution in [2.24, 2.45) is 0 Å². The van der Waals surface area contributed by atoms with E-state index >= 15 is 0 Å². The number of unbranched alkanes of at least 4 members (excludes halogenated alkanes) is 2. The summed E-state index contributed by atoms with van der Waals surface area (Å²) in [5, 5.41) is 0. The number of benzene rings is 2. The van der Waals surface area contributed by atoms with E-state index in [-0.39, 0.29) is 5.56 Å². The summed E-state index contributed by atoms with van der Waals surface area (Å²) in [6.07, 6.45) is 0.717. The molecule has 0 fully saturated rings. The van der Waals surface area contributed by atoms with E-state index < -0.39 is 23.7 Å². The number of rotatable bonds is 6. The van der Waals surface area contributed by atoms with Crippen molar-refractivity contribution in [3.8, 4) is 17.6 Å². The van der Waals surface area contributed by atoms with Crippen LogP contribution in [0.1, 0.15) is 36.0 Å². The van der Waals surface area contributed by atoms with Gasteiger partial charge in [0.25, 0.3) is 0 Å². The lowest BCUT2D eigenvalue weighted by Crippen LogP contribution is -2.19. The molecular weight excluding hydrogens is 363 g/mol. The zero-order valence-corrected chi connectivity index (χ0v) is 14.4. The zero-order valence-electron chi connectivity index (χ0n) is 14.4. The van der Waals surface area contributed by atoms with Gasteiger partial charge in [-0.15, -0.1) is 19.8 Å². The third-order valence-electron chi connectivity index (χ3n) is 3.64. The molecule has 0 aliphatic heterocycles. The molecule has 2 aromatic carbocycles. The molecule has 0 bridgehead atoms. The molecule has 2 aromatic rings. The summed E-state index contributed by atoms with van der Waals surface area (Å²) in [4.78, 5) is 0. The molecule has 0 aliphatic rings. The first-order chi connectivity index (χ1) is 12.8. The van der Waals surface area contributed by atoms with Crippen LogP contribution < -0.4 is 4.74 Å². The molecule has 0 saturated carbocycles. The number of aryl methyl sites for hydroxylation is 1. The molecule has 0 unspecified atom stereocenters. The van der Waals surface area contributed by atoms with Crippen LogP contribution in [0.5, 0.6) is 5.75 Å². The first-order valence-corrected chi connectivity index (χ1v) is 8.25. The number of hydrogen-bond acceptors (Lipinski definition) is 1. The fraction of sp³-hybridized carbons (Fsp3) is 0.238. The van der Waals surface area contributed by atoms with Gasteiger partial charge in [0.05, 0.1) is 0 Å². The molecule has 0 spiro atoms. The van der Waals surface area contributed by atoms with Crippen molar-refractivity contribution in [3.63, 3.8) is 0 Å². The van der Waals surface area contributed by atoms with Gasteiger partial charge in [0.1, 0.15) is 0 Å². The minimum absolute atomic E-state index is 0.0898. The Morgan fingerprint density at radius 2 is 1.52 bits per heavy atom. The van der Waals surface area contributed by atoms with Crippen LogP contribution in [0.2, 0.25) is 0 Å². The Hall–Kier alpha value is -2.81. The maximum atomic E-state index is 13.7. The summed E-state index contributed by atoms with van der Waals surface area (Å²) in [6.45, 7) is 3.67. The zero-order chi connectivity index (χ0) is 19.9. The largest absolute Gasteiger partial charge is 0.573 e. The van der Waals surface area contributed by atoms with Crippen molar-refractivity contribution in [2.45, 2.75) is 32.0 Å². The highest BCUT2D eigenvalue weighted by Gasteiger charge is 2.34. The van der Waals surface area contributed by atoms with E-state index in [0.717, 1.165) is 31.2 Å². The fourth-order valence-electron chi connectivity index (χ4n) is 2.36. The summed E-state index contributed by atoms with van der Waals surface area (Å²) in [6, 6.07) is 8.79. The smallest absolute Gasteiger partial charge is 0.399 e. The Balaban J connectivity index is 2.07. The van der Waals surface area contributed by atoms with Crippen LogP contribution in [0.25, 0.3) is 0 Å². The topological polar surface area (TPSA) is 9.23 Å². The van der Waals surface area contributed by atoms with E-state index in [9.17, 15) is 22.0 Å². The van der Waals surface area contributed by atoms with Crippen LogP contribution in [0.15, 0.2) is 49.1 Å². The Morgan fingerprint density at radius 3 is 2.07 bits per heavy atom. The lowest BCUT2D eigenvalue weighted by atomic mass is 10.1. The van der Waals surface area contributed by atoms with Gasteiger partial charge < -0.3 is 4.74 Å². The third-order valence-corrected chi connectivity index (χ3v) is 3.64. The summed E-state index contributed by atoms with van der Waals surface area (Å²) in [5.74, 6) is 0.837. The molecule has 0 aliphatic carbocycles. The van der Waals surface area contributed by atoms with E-state index in [0.29, 0.717) is 17.7 Å². The van der Waals surface area contributed by atoms with Crippen molar-refractivity contribution in [1.29, 1.82) is 0 Å². The van der Waals surface area contributed by atoms with E-state index in [4.69, 9.17) is 0 Å². The minimum Gasteiger partial charge on any atom is -0.399 e. The first-order valence-electron chi connectivity index (χ1n) is 8.25. The summed E-state index contributed by atoms with van der Waals surface area (Å²) in [7, 11) is 0. The van der Waals surface area contributed by atoms with Gasteiger partial charge in [-0.25, -0.2) is 8.78 Å². The quantitative estimate of drug-likeness (QED) is 0.252. The molecule has 0 amide bonds. The predicted molar refractivity (Wildman–Crippen MR) is 93.2 cm³/mol. The molecule has 0 N–H and O–H groups in total. The molecule has 0 heterocycles. The highest BCUT2D eigenvalue weighted by molar-refractivity contribution is 5.45. The second-order valence-electron chi connectivity index (χ2n) is 5.80. The maximum Gasteiger partial charge on any atom is 0.573 e. The van der Waals surface area contributed by atoms with Crippen molar-refractivity contribution in [2.75, 3.05) is 0 Å². The lowest BCUT2D eigenvalue weighted by molar-refractivity contribution is -0.276. The minimum atomic E-state index is -5.18. The van der Waals surface area contributed by atoms with E-state index in [1.807, 2.05) is 18.2 Å². The molecule has 142 valence electrons. The summed E-state index contributed by atoms with van der Waals surface area (Å²) in [5.41, 5.74) is 1.68. The molecule has 1 nitrogen and oxygen atoms in total. The average Bonchev–Trinajstić information content (AvgIpc) is 2.60. The number of ether oxygens (including phenoxy) is 1. The van der Waals surface area contributed by atoms with E-state index in [2.05, 4.69) is 23.2 Å². The van der Waals surface area contributed by atoms with Crippen LogP contribution >= 0.6 is 0 Å². The molecule has 27 heavy (non-hydrogen) atoms. The second-order valence-corrected chi connectivity index (χ2v) is 5.80. The van der Waals surface area contributed by atoms with Crippen LogP contribution in [0, 0.1) is 23.5 Å². The Bertz CT molecular complexity index is 819. The normalized spacial score (nSPS) is 10.9. The van der Waals surface area contributed by atoms with Crippen LogP contribution in [0.4, 0.5) is 22.0 Å². The molecule has 0 atom stereocenters. The highest BCUT2D eigenvalue weighted by atomic mass is 19.4. The SMILES string of the molecule is C=CCCCCc1ccc(C#Cc2cc(F)c(OC(F)(F)F)c(F)c2)cc1. The van der Waals surface area contributed by atoms with E-state index in [1.54, 1.807) is 12.1 Å². The van der Waals surface area contributed by atoms with Gasteiger partial charge in [0, 0.05) is 11.1 Å². The van der Waals surface area contributed by atoms with Gasteiger partial charge in [-0.2, -0.15) is 0 Å². The third kappa shape index (κ3) is 6.78. The van der Waals surface area contributed by atoms with Gasteiger partial charge in [0.2, 0.25) is 5.75 Å².